The summed E-state index contributed by atoms with van der Waals surface area (Å²) in [5, 5.41) is 3.05. The number of benzene rings is 1. The second-order valence-electron chi connectivity index (χ2n) is 18.2. The third-order valence-electron chi connectivity index (χ3n) is 11.9. The second-order valence-corrected chi connectivity index (χ2v) is 18.2. The Morgan fingerprint density at radius 3 is 1.62 bits per heavy atom. The number of hydrogen-bond acceptors (Lipinski definition) is 13. The maximum absolute atomic E-state index is 13.8. The van der Waals surface area contributed by atoms with E-state index in [1.54, 1.807) is 36.4 Å². The maximum atomic E-state index is 13.8. The van der Waals surface area contributed by atoms with Gasteiger partial charge in [-0.05, 0) is 50.3 Å². The molecule has 0 aromatic heterocycles. The van der Waals surface area contributed by atoms with Crippen molar-refractivity contribution in [3.05, 3.63) is 60.2 Å². The first-order valence-electron chi connectivity index (χ1n) is 26.1. The summed E-state index contributed by atoms with van der Waals surface area (Å²) in [7, 11) is 0. The van der Waals surface area contributed by atoms with Crippen LogP contribution in [0.5, 0.6) is 0 Å². The van der Waals surface area contributed by atoms with Crippen molar-refractivity contribution in [3.8, 4) is 0 Å². The first kappa shape index (κ1) is 60.6. The molecule has 0 aliphatic carbocycles. The Hall–Kier alpha value is -4.56. The molecule has 390 valence electrons. The number of rotatable bonds is 38. The van der Waals surface area contributed by atoms with Crippen LogP contribution in [0.1, 0.15) is 206 Å². The van der Waals surface area contributed by atoms with Crippen LogP contribution in [0.4, 0.5) is 0 Å². The number of hydrogen-bond donors (Lipinski definition) is 1. The number of amides is 1. The van der Waals surface area contributed by atoms with Crippen LogP contribution in [0.15, 0.2) is 54.6 Å². The average molecular weight is 970 g/mol. The molecular weight excluding hydrogens is 883 g/mol. The van der Waals surface area contributed by atoms with Crippen molar-refractivity contribution >= 4 is 35.8 Å². The molecule has 1 saturated heterocycles. The van der Waals surface area contributed by atoms with Gasteiger partial charge in [-0.25, -0.2) is 4.79 Å². The van der Waals surface area contributed by atoms with Gasteiger partial charge in [-0.15, -0.1) is 0 Å². The molecule has 0 saturated carbocycles. The van der Waals surface area contributed by atoms with E-state index in [0.29, 0.717) is 18.4 Å². The van der Waals surface area contributed by atoms with Crippen LogP contribution in [-0.2, 0) is 57.1 Å². The highest BCUT2D eigenvalue weighted by molar-refractivity contribution is 5.89. The summed E-state index contributed by atoms with van der Waals surface area (Å²) in [4.78, 5) is 76.7. The maximum Gasteiger partial charge on any atom is 0.338 e. The number of esters is 5. The SMILES string of the molecule is CCCCCCCCC/C=C\CC/C=C/[C@@H](OC(=O)c1ccccc1)[C@H](CO[C@@H]1O[C@H](COC(C)=O)[C@@H](OC(C)=O)[C@H](OC(C)=O)[C@H]1OC(C)=O)NC(=O)CCCCCCCCCCCCCCC. The van der Waals surface area contributed by atoms with E-state index in [-0.39, 0.29) is 18.9 Å². The molecule has 14 nitrogen and oxygen atoms in total. The first-order valence-corrected chi connectivity index (χ1v) is 26.1. The van der Waals surface area contributed by atoms with Crippen LogP contribution in [0.3, 0.4) is 0 Å². The summed E-state index contributed by atoms with van der Waals surface area (Å²) < 4.78 is 40.7. The van der Waals surface area contributed by atoms with Gasteiger partial charge >= 0.3 is 29.8 Å². The minimum absolute atomic E-state index is 0.222. The third kappa shape index (κ3) is 28.6. The third-order valence-corrected chi connectivity index (χ3v) is 11.9. The smallest absolute Gasteiger partial charge is 0.338 e. The van der Waals surface area contributed by atoms with E-state index < -0.39 is 79.3 Å². The molecule has 69 heavy (non-hydrogen) atoms. The number of allylic oxidation sites excluding steroid dienone is 3. The number of nitrogens with one attached hydrogen (secondary N) is 1. The molecule has 14 heteroatoms. The van der Waals surface area contributed by atoms with Gasteiger partial charge in [-0.3, -0.25) is 24.0 Å². The summed E-state index contributed by atoms with van der Waals surface area (Å²) in [5.74, 6) is -3.90. The first-order chi connectivity index (χ1) is 33.4. The minimum Gasteiger partial charge on any atom is -0.463 e. The van der Waals surface area contributed by atoms with Gasteiger partial charge in [-0.2, -0.15) is 0 Å². The lowest BCUT2D eigenvalue weighted by atomic mass is 9.98. The van der Waals surface area contributed by atoms with Gasteiger partial charge in [0, 0.05) is 34.1 Å². The highest BCUT2D eigenvalue weighted by Crippen LogP contribution is 2.30. The topological polar surface area (TPSA) is 179 Å². The van der Waals surface area contributed by atoms with E-state index in [9.17, 15) is 28.8 Å². The summed E-state index contributed by atoms with van der Waals surface area (Å²) in [6.07, 6.45) is 26.4. The van der Waals surface area contributed by atoms with Crippen molar-refractivity contribution in [2.45, 2.75) is 238 Å². The molecule has 0 unspecified atom stereocenters. The van der Waals surface area contributed by atoms with Gasteiger partial charge in [0.25, 0.3) is 0 Å². The van der Waals surface area contributed by atoms with Gasteiger partial charge < -0.3 is 38.5 Å². The quantitative estimate of drug-likeness (QED) is 0.0287. The molecule has 2 rings (SSSR count). The van der Waals surface area contributed by atoms with Gasteiger partial charge in [0.15, 0.2) is 24.6 Å². The number of ether oxygens (including phenoxy) is 7. The molecule has 1 aromatic carbocycles. The van der Waals surface area contributed by atoms with E-state index >= 15 is 0 Å². The Morgan fingerprint density at radius 2 is 1.07 bits per heavy atom. The zero-order valence-corrected chi connectivity index (χ0v) is 42.9. The fraction of sp³-hybridized carbons (Fsp3) is 0.709. The number of carbonyl (C=O) groups is 6. The van der Waals surface area contributed by atoms with Crippen LogP contribution < -0.4 is 5.32 Å². The van der Waals surface area contributed by atoms with E-state index in [1.807, 2.05) is 6.08 Å². The van der Waals surface area contributed by atoms with Crippen molar-refractivity contribution in [2.24, 2.45) is 0 Å². The highest BCUT2D eigenvalue weighted by atomic mass is 16.7. The van der Waals surface area contributed by atoms with Crippen molar-refractivity contribution in [1.82, 2.24) is 5.32 Å². The molecule has 0 bridgehead atoms. The normalized spacial score (nSPS) is 18.9. The van der Waals surface area contributed by atoms with E-state index in [1.165, 1.54) is 103 Å². The number of carbonyl (C=O) groups excluding carboxylic acids is 6. The molecule has 1 heterocycles. The van der Waals surface area contributed by atoms with E-state index in [0.717, 1.165) is 59.3 Å². The molecule has 7 atom stereocenters. The van der Waals surface area contributed by atoms with Gasteiger partial charge in [0.1, 0.15) is 18.8 Å². The molecule has 0 spiro atoms. The van der Waals surface area contributed by atoms with Crippen LogP contribution in [0.2, 0.25) is 0 Å². The molecule has 1 aliphatic heterocycles. The van der Waals surface area contributed by atoms with E-state index in [2.05, 4.69) is 31.3 Å². The molecule has 1 aliphatic rings. The Bertz CT molecular complexity index is 1650. The Balaban J connectivity index is 2.34. The molecule has 1 fully saturated rings. The lowest BCUT2D eigenvalue weighted by Crippen LogP contribution is -2.63. The van der Waals surface area contributed by atoms with Gasteiger partial charge in [-0.1, -0.05) is 166 Å². The lowest BCUT2D eigenvalue weighted by molar-refractivity contribution is -0.309. The fourth-order valence-corrected chi connectivity index (χ4v) is 8.22. The summed E-state index contributed by atoms with van der Waals surface area (Å²) in [6, 6.07) is 7.51. The van der Waals surface area contributed by atoms with E-state index in [4.69, 9.17) is 33.2 Å². The second kappa shape index (κ2) is 38.2. The predicted molar refractivity (Wildman–Crippen MR) is 266 cm³/mol. The number of unbranched alkanes of at least 4 members (excludes halogenated alkanes) is 20. The van der Waals surface area contributed by atoms with Crippen LogP contribution in [0, 0.1) is 0 Å². The largest absolute Gasteiger partial charge is 0.463 e. The Labute approximate surface area is 413 Å². The average Bonchev–Trinajstić information content (AvgIpc) is 3.31. The molecule has 0 radical (unpaired) electrons. The van der Waals surface area contributed by atoms with Crippen molar-refractivity contribution in [3.63, 3.8) is 0 Å². The van der Waals surface area contributed by atoms with Gasteiger partial charge in [0.05, 0.1) is 18.2 Å². The minimum atomic E-state index is -1.51. The molecular formula is C55H87NO13. The van der Waals surface area contributed by atoms with Crippen LogP contribution in [0.25, 0.3) is 0 Å². The molecule has 1 aromatic rings. The lowest BCUT2D eigenvalue weighted by Gasteiger charge is -2.44. The van der Waals surface area contributed by atoms with Gasteiger partial charge in [0.2, 0.25) is 5.91 Å². The zero-order valence-electron chi connectivity index (χ0n) is 42.9. The Morgan fingerprint density at radius 1 is 0.580 bits per heavy atom. The summed E-state index contributed by atoms with van der Waals surface area (Å²) in [6.45, 7) is 8.27. The zero-order chi connectivity index (χ0) is 50.5. The predicted octanol–water partition coefficient (Wildman–Crippen LogP) is 11.3. The fourth-order valence-electron chi connectivity index (χ4n) is 8.22. The van der Waals surface area contributed by atoms with Crippen molar-refractivity contribution < 1.29 is 61.9 Å². The summed E-state index contributed by atoms with van der Waals surface area (Å²) in [5.41, 5.74) is 0.307. The highest BCUT2D eigenvalue weighted by Gasteiger charge is 2.53. The monoisotopic (exact) mass is 970 g/mol. The van der Waals surface area contributed by atoms with Crippen molar-refractivity contribution in [2.75, 3.05) is 13.2 Å². The standard InChI is InChI=1S/C55H87NO13/c1-7-9-11-13-15-17-19-21-23-25-27-29-34-38-48(68-54(62)46-36-32-31-33-37-46)47(56-50(61)39-35-30-28-26-24-22-20-18-16-14-12-10-8-2)40-64-55-53(67-45(6)60)52(66-44(5)59)51(65-43(4)58)49(69-55)41-63-42(3)57/h23,25,31-34,36-38,47-49,51-53,55H,7-22,24,26-30,35,39-41H2,1-6H3,(H,56,61)/b25-23-,38-34+/t47-,48+,49+,51+,52-,53+,55+/m0/s1. The Kier molecular flexibility index (Phi) is 33.5. The van der Waals surface area contributed by atoms with Crippen LogP contribution >= 0.6 is 0 Å². The van der Waals surface area contributed by atoms with Crippen molar-refractivity contribution in [1.29, 1.82) is 0 Å². The summed E-state index contributed by atoms with van der Waals surface area (Å²) >= 11 is 0. The molecule has 1 N–H and O–H groups in total. The molecule has 1 amide bonds. The van der Waals surface area contributed by atoms with Crippen LogP contribution in [-0.4, -0.2) is 91.8 Å².